The van der Waals surface area contributed by atoms with Crippen molar-refractivity contribution in [3.8, 4) is 5.75 Å². The van der Waals surface area contributed by atoms with Crippen LogP contribution in [0.1, 0.15) is 0 Å². The number of methoxy groups -OCH3 is 1. The number of hydrogen-bond acceptors (Lipinski definition) is 7. The Labute approximate surface area is 143 Å². The molecule has 0 unspecified atom stereocenters. The van der Waals surface area contributed by atoms with Gasteiger partial charge >= 0.3 is 0 Å². The highest BCUT2D eigenvalue weighted by atomic mass is 35.5. The van der Waals surface area contributed by atoms with E-state index in [9.17, 15) is 0 Å². The van der Waals surface area contributed by atoms with Crippen molar-refractivity contribution in [3.63, 3.8) is 0 Å². The third-order valence-corrected chi connectivity index (χ3v) is 3.70. The zero-order chi connectivity index (χ0) is 17.1. The summed E-state index contributed by atoms with van der Waals surface area (Å²) in [6.45, 7) is 0.386. The Balaban J connectivity index is 1.96. The molecule has 0 aliphatic rings. The quantitative estimate of drug-likeness (QED) is 0.628. The fraction of sp³-hybridized carbons (Fsp3) is 0.267. The molecule has 3 N–H and O–H groups in total. The number of aliphatic hydroxyl groups is 1. The van der Waals surface area contributed by atoms with Crippen LogP contribution in [0.3, 0.4) is 0 Å². The van der Waals surface area contributed by atoms with Gasteiger partial charge in [-0.1, -0.05) is 11.6 Å². The molecule has 3 rings (SSSR count). The third kappa shape index (κ3) is 3.19. The molecule has 3 aromatic rings. The van der Waals surface area contributed by atoms with Gasteiger partial charge in [0.15, 0.2) is 5.65 Å². The summed E-state index contributed by atoms with van der Waals surface area (Å²) in [5.74, 6) is 1.59. The summed E-state index contributed by atoms with van der Waals surface area (Å²) in [5, 5.41) is 20.7. The molecule has 2 aromatic heterocycles. The molecule has 0 aliphatic carbocycles. The lowest BCUT2D eigenvalue weighted by atomic mass is 10.3. The maximum Gasteiger partial charge on any atom is 0.231 e. The lowest BCUT2D eigenvalue weighted by Gasteiger charge is -2.10. The first-order valence-corrected chi connectivity index (χ1v) is 7.65. The summed E-state index contributed by atoms with van der Waals surface area (Å²) in [6, 6.07) is 5.32. The summed E-state index contributed by atoms with van der Waals surface area (Å²) in [7, 11) is 3.37. The van der Waals surface area contributed by atoms with Gasteiger partial charge in [0.25, 0.3) is 0 Å². The molecule has 0 fully saturated rings. The zero-order valence-electron chi connectivity index (χ0n) is 13.2. The van der Waals surface area contributed by atoms with Gasteiger partial charge in [0.1, 0.15) is 11.6 Å². The van der Waals surface area contributed by atoms with Gasteiger partial charge in [0, 0.05) is 19.3 Å². The molecule has 0 saturated carbocycles. The second kappa shape index (κ2) is 6.90. The fourth-order valence-corrected chi connectivity index (χ4v) is 2.52. The number of ether oxygens (including phenoxy) is 1. The summed E-state index contributed by atoms with van der Waals surface area (Å²) >= 11 is 6.14. The monoisotopic (exact) mass is 348 g/mol. The molecule has 9 heteroatoms. The van der Waals surface area contributed by atoms with Crippen molar-refractivity contribution in [2.75, 3.05) is 30.9 Å². The first-order valence-electron chi connectivity index (χ1n) is 7.27. The number of nitrogens with zero attached hydrogens (tertiary/aromatic N) is 4. The Morgan fingerprint density at radius 2 is 2.17 bits per heavy atom. The molecule has 8 nitrogen and oxygen atoms in total. The minimum absolute atomic E-state index is 0.00259. The van der Waals surface area contributed by atoms with E-state index in [1.807, 2.05) is 6.07 Å². The van der Waals surface area contributed by atoms with Crippen LogP contribution in [0.25, 0.3) is 11.0 Å². The van der Waals surface area contributed by atoms with Gasteiger partial charge < -0.3 is 20.5 Å². The van der Waals surface area contributed by atoms with Crippen LogP contribution < -0.4 is 15.4 Å². The molecule has 2 heterocycles. The van der Waals surface area contributed by atoms with Crippen molar-refractivity contribution in [2.45, 2.75) is 0 Å². The molecule has 1 aromatic carbocycles. The largest absolute Gasteiger partial charge is 0.495 e. The maximum atomic E-state index is 9.02. The molecule has 126 valence electrons. The average Bonchev–Trinajstić information content (AvgIpc) is 2.94. The van der Waals surface area contributed by atoms with Gasteiger partial charge in [-0.05, 0) is 18.2 Å². The number of benzene rings is 1. The van der Waals surface area contributed by atoms with E-state index in [1.54, 1.807) is 37.2 Å². The van der Waals surface area contributed by atoms with Crippen LogP contribution in [0.15, 0.2) is 24.4 Å². The van der Waals surface area contributed by atoms with E-state index in [-0.39, 0.29) is 6.61 Å². The second-order valence-electron chi connectivity index (χ2n) is 5.03. The van der Waals surface area contributed by atoms with E-state index in [0.717, 1.165) is 11.1 Å². The predicted molar refractivity (Wildman–Crippen MR) is 93.2 cm³/mol. The molecular weight excluding hydrogens is 332 g/mol. The number of rotatable bonds is 6. The van der Waals surface area contributed by atoms with Gasteiger partial charge in [-0.15, -0.1) is 0 Å². The molecule has 24 heavy (non-hydrogen) atoms. The van der Waals surface area contributed by atoms with E-state index in [2.05, 4.69) is 25.7 Å². The van der Waals surface area contributed by atoms with Crippen molar-refractivity contribution < 1.29 is 9.84 Å². The van der Waals surface area contributed by atoms with Gasteiger partial charge in [0.2, 0.25) is 5.95 Å². The molecule has 0 saturated heterocycles. The van der Waals surface area contributed by atoms with Gasteiger partial charge in [-0.2, -0.15) is 15.1 Å². The topological polar surface area (TPSA) is 97.1 Å². The van der Waals surface area contributed by atoms with Crippen LogP contribution in [-0.2, 0) is 7.05 Å². The molecule has 0 amide bonds. The number of hydrogen-bond donors (Lipinski definition) is 3. The summed E-state index contributed by atoms with van der Waals surface area (Å²) < 4.78 is 6.80. The van der Waals surface area contributed by atoms with Crippen molar-refractivity contribution in [3.05, 3.63) is 29.4 Å². The minimum Gasteiger partial charge on any atom is -0.495 e. The van der Waals surface area contributed by atoms with Gasteiger partial charge in [-0.25, -0.2) is 0 Å². The summed E-state index contributed by atoms with van der Waals surface area (Å²) in [6.07, 6.45) is 1.68. The Morgan fingerprint density at radius 3 is 2.88 bits per heavy atom. The highest BCUT2D eigenvalue weighted by Crippen LogP contribution is 2.29. The van der Waals surface area contributed by atoms with E-state index in [0.29, 0.717) is 34.7 Å². The highest BCUT2D eigenvalue weighted by molar-refractivity contribution is 6.32. The molecule has 0 spiro atoms. The van der Waals surface area contributed by atoms with Crippen molar-refractivity contribution in [1.29, 1.82) is 0 Å². The van der Waals surface area contributed by atoms with Crippen LogP contribution in [0, 0.1) is 0 Å². The number of nitrogens with one attached hydrogen (secondary N) is 2. The Kier molecular flexibility index (Phi) is 4.68. The lowest BCUT2D eigenvalue weighted by molar-refractivity contribution is 0.311. The van der Waals surface area contributed by atoms with Crippen LogP contribution in [-0.4, -0.2) is 45.1 Å². The number of aromatic nitrogens is 4. The molecular formula is C15H17ClN6O2. The standard InChI is InChI=1S/C15H17ClN6O2/c1-22-14-10(8-18-22)13(17-5-6-23)20-15(21-14)19-9-3-4-12(24-2)11(16)7-9/h3-4,7-8,23H,5-6H2,1-2H3,(H2,17,19,20,21). The van der Waals surface area contributed by atoms with E-state index >= 15 is 0 Å². The average molecular weight is 349 g/mol. The smallest absolute Gasteiger partial charge is 0.231 e. The number of fused-ring (bicyclic) bond motifs is 1. The first kappa shape index (κ1) is 16.3. The Hall–Kier alpha value is -2.58. The SMILES string of the molecule is COc1ccc(Nc2nc(NCCO)c3cnn(C)c3n2)cc1Cl. The van der Waals surface area contributed by atoms with E-state index < -0.39 is 0 Å². The van der Waals surface area contributed by atoms with Crippen LogP contribution in [0.5, 0.6) is 5.75 Å². The second-order valence-corrected chi connectivity index (χ2v) is 5.43. The van der Waals surface area contributed by atoms with Crippen LogP contribution >= 0.6 is 11.6 Å². The Bertz CT molecular complexity index is 867. The molecule has 0 aliphatic heterocycles. The first-order chi connectivity index (χ1) is 11.6. The van der Waals surface area contributed by atoms with Crippen molar-refractivity contribution in [2.24, 2.45) is 7.05 Å². The molecule has 0 atom stereocenters. The van der Waals surface area contributed by atoms with Crippen LogP contribution in [0.4, 0.5) is 17.5 Å². The minimum atomic E-state index is 0.00259. The third-order valence-electron chi connectivity index (χ3n) is 3.40. The lowest BCUT2D eigenvalue weighted by Crippen LogP contribution is -2.09. The number of aliphatic hydroxyl groups excluding tert-OH is 1. The predicted octanol–water partition coefficient (Wildman–Crippen LogP) is 2.17. The van der Waals surface area contributed by atoms with Crippen molar-refractivity contribution in [1.82, 2.24) is 19.7 Å². The normalized spacial score (nSPS) is 10.8. The highest BCUT2D eigenvalue weighted by Gasteiger charge is 2.12. The maximum absolute atomic E-state index is 9.02. The number of anilines is 3. The van der Waals surface area contributed by atoms with Crippen LogP contribution in [0.2, 0.25) is 5.02 Å². The Morgan fingerprint density at radius 1 is 1.33 bits per heavy atom. The van der Waals surface area contributed by atoms with E-state index in [1.165, 1.54) is 0 Å². The number of halogens is 1. The van der Waals surface area contributed by atoms with Gasteiger partial charge in [0.05, 0.1) is 30.3 Å². The van der Waals surface area contributed by atoms with Crippen molar-refractivity contribution >= 4 is 40.1 Å². The molecule has 0 radical (unpaired) electrons. The fourth-order valence-electron chi connectivity index (χ4n) is 2.26. The van der Waals surface area contributed by atoms with E-state index in [4.69, 9.17) is 21.4 Å². The summed E-state index contributed by atoms with van der Waals surface area (Å²) in [4.78, 5) is 8.92. The summed E-state index contributed by atoms with van der Waals surface area (Å²) in [5.41, 5.74) is 1.41. The number of aryl methyl sites for hydroxylation is 1. The van der Waals surface area contributed by atoms with Gasteiger partial charge in [-0.3, -0.25) is 4.68 Å². The molecule has 0 bridgehead atoms. The zero-order valence-corrected chi connectivity index (χ0v) is 14.0.